The minimum Gasteiger partial charge on any atom is -0.462 e. The lowest BCUT2D eigenvalue weighted by molar-refractivity contribution is 0.0531. The summed E-state index contributed by atoms with van der Waals surface area (Å²) in [4.78, 5) is 26.0. The summed E-state index contributed by atoms with van der Waals surface area (Å²) < 4.78 is 7.25. The molecular formula is C20H32N6O2S. The monoisotopic (exact) mass is 420 g/mol. The Balaban J connectivity index is 1.89. The van der Waals surface area contributed by atoms with Crippen LogP contribution in [0.25, 0.3) is 0 Å². The van der Waals surface area contributed by atoms with Crippen LogP contribution in [0, 0.1) is 13.8 Å². The highest BCUT2D eigenvalue weighted by molar-refractivity contribution is 7.13. The third kappa shape index (κ3) is 6.85. The number of aryl methyl sites for hydroxylation is 3. The van der Waals surface area contributed by atoms with Gasteiger partial charge in [0.2, 0.25) is 0 Å². The molecule has 2 N–H and O–H groups in total. The number of rotatable bonds is 10. The van der Waals surface area contributed by atoms with E-state index in [2.05, 4.69) is 30.2 Å². The molecule has 0 aliphatic rings. The van der Waals surface area contributed by atoms with Gasteiger partial charge in [-0.1, -0.05) is 0 Å². The van der Waals surface area contributed by atoms with E-state index < -0.39 is 0 Å². The number of nitrogens with one attached hydrogen (secondary N) is 2. The maximum Gasteiger partial charge on any atom is 0.350 e. The van der Waals surface area contributed by atoms with E-state index in [1.54, 1.807) is 6.92 Å². The summed E-state index contributed by atoms with van der Waals surface area (Å²) in [6, 6.07) is -0.0618. The minimum atomic E-state index is -0.311. The molecule has 0 saturated carbocycles. The Morgan fingerprint density at radius 3 is 2.79 bits per heavy atom. The maximum atomic E-state index is 12.0. The highest BCUT2D eigenvalue weighted by Gasteiger charge is 2.20. The Bertz CT molecular complexity index is 814. The topological polar surface area (TPSA) is 93.4 Å². The molecule has 0 aliphatic heterocycles. The van der Waals surface area contributed by atoms with Crippen molar-refractivity contribution in [3.05, 3.63) is 33.8 Å². The molecule has 2 rings (SSSR count). The molecule has 2 aromatic heterocycles. The highest BCUT2D eigenvalue weighted by Crippen LogP contribution is 2.24. The summed E-state index contributed by atoms with van der Waals surface area (Å²) in [5.74, 6) is 1.48. The number of unbranched alkanes of at least 4 members (excludes halogenated alkanes) is 1. The number of guanidine groups is 1. The maximum absolute atomic E-state index is 12.0. The zero-order valence-corrected chi connectivity index (χ0v) is 18.8. The Hall–Kier alpha value is -2.42. The zero-order valence-electron chi connectivity index (χ0n) is 18.0. The molecule has 0 spiro atoms. The highest BCUT2D eigenvalue weighted by atomic mass is 32.1. The van der Waals surface area contributed by atoms with Crippen LogP contribution in [-0.2, 0) is 11.3 Å². The first-order valence-electron chi connectivity index (χ1n) is 10.1. The first kappa shape index (κ1) is 22.9. The van der Waals surface area contributed by atoms with Crippen molar-refractivity contribution in [3.63, 3.8) is 0 Å². The third-order valence-corrected chi connectivity index (χ3v) is 5.66. The van der Waals surface area contributed by atoms with Crippen LogP contribution in [-0.4, -0.2) is 46.2 Å². The number of hydrogen-bond acceptors (Lipinski definition) is 6. The molecule has 0 aromatic carbocycles. The quantitative estimate of drug-likeness (QED) is 0.265. The Morgan fingerprint density at radius 1 is 1.34 bits per heavy atom. The van der Waals surface area contributed by atoms with Crippen LogP contribution >= 0.6 is 11.3 Å². The summed E-state index contributed by atoms with van der Waals surface area (Å²) in [6.07, 6.45) is 5.87. The SMILES string of the molecule is CCNC(=NCCCCn1ccnc1C)NC(C)c1nc(C)c(C(=O)OCC)s1. The second kappa shape index (κ2) is 11.5. The van der Waals surface area contributed by atoms with Gasteiger partial charge in [-0.3, -0.25) is 4.99 Å². The van der Waals surface area contributed by atoms with Crippen molar-refractivity contribution in [2.24, 2.45) is 4.99 Å². The molecule has 0 radical (unpaired) electrons. The van der Waals surface area contributed by atoms with E-state index >= 15 is 0 Å². The zero-order chi connectivity index (χ0) is 21.2. The average molecular weight is 421 g/mol. The number of nitrogens with zero attached hydrogens (tertiary/aromatic N) is 4. The second-order valence-electron chi connectivity index (χ2n) is 6.69. The van der Waals surface area contributed by atoms with E-state index in [4.69, 9.17) is 4.74 Å². The van der Waals surface area contributed by atoms with Crippen molar-refractivity contribution in [2.75, 3.05) is 19.7 Å². The number of carbonyl (C=O) groups excluding carboxylic acids is 1. The molecule has 0 fully saturated rings. The lowest BCUT2D eigenvalue weighted by atomic mass is 10.3. The number of ether oxygens (including phenoxy) is 1. The van der Waals surface area contributed by atoms with Gasteiger partial charge in [0.05, 0.1) is 18.3 Å². The van der Waals surface area contributed by atoms with Gasteiger partial charge in [-0.15, -0.1) is 11.3 Å². The summed E-state index contributed by atoms with van der Waals surface area (Å²) in [5, 5.41) is 7.49. The van der Waals surface area contributed by atoms with Gasteiger partial charge in [0.25, 0.3) is 0 Å². The summed E-state index contributed by atoms with van der Waals surface area (Å²) in [5.41, 5.74) is 0.703. The van der Waals surface area contributed by atoms with Crippen molar-refractivity contribution >= 4 is 23.3 Å². The number of thiazole rings is 1. The number of esters is 1. The van der Waals surface area contributed by atoms with Crippen LogP contribution in [0.3, 0.4) is 0 Å². The average Bonchev–Trinajstić information content (AvgIpc) is 3.27. The van der Waals surface area contributed by atoms with Gasteiger partial charge in [0.15, 0.2) is 5.96 Å². The van der Waals surface area contributed by atoms with Gasteiger partial charge in [-0.25, -0.2) is 14.8 Å². The Morgan fingerprint density at radius 2 is 2.14 bits per heavy atom. The molecule has 0 amide bonds. The standard InChI is InChI=1S/C20H32N6O2S/c1-6-21-20(23-10-8-9-12-26-13-11-22-16(26)5)25-15(4)18-24-14(3)17(29-18)19(27)28-7-2/h11,13,15H,6-10,12H2,1-5H3,(H2,21,23,25). The smallest absolute Gasteiger partial charge is 0.350 e. The van der Waals surface area contributed by atoms with E-state index in [1.165, 1.54) is 11.3 Å². The van der Waals surface area contributed by atoms with Crippen molar-refractivity contribution in [1.29, 1.82) is 0 Å². The molecule has 0 bridgehead atoms. The van der Waals surface area contributed by atoms with E-state index in [9.17, 15) is 4.79 Å². The predicted molar refractivity (Wildman–Crippen MR) is 117 cm³/mol. The van der Waals surface area contributed by atoms with Crippen LogP contribution in [0.2, 0.25) is 0 Å². The Kier molecular flexibility index (Phi) is 9.11. The molecule has 160 valence electrons. The normalized spacial score (nSPS) is 12.7. The van der Waals surface area contributed by atoms with Crippen LogP contribution in [0.1, 0.15) is 65.9 Å². The second-order valence-corrected chi connectivity index (χ2v) is 7.72. The molecular weight excluding hydrogens is 388 g/mol. The van der Waals surface area contributed by atoms with Crippen LogP contribution in [0.15, 0.2) is 17.4 Å². The molecule has 2 heterocycles. The lowest BCUT2D eigenvalue weighted by Gasteiger charge is -2.16. The molecule has 0 aliphatic carbocycles. The fourth-order valence-electron chi connectivity index (χ4n) is 2.80. The molecule has 9 heteroatoms. The fourth-order valence-corrected chi connectivity index (χ4v) is 3.76. The van der Waals surface area contributed by atoms with E-state index in [0.717, 1.165) is 49.3 Å². The van der Waals surface area contributed by atoms with Crippen LogP contribution in [0.4, 0.5) is 0 Å². The Labute approximate surface area is 176 Å². The molecule has 29 heavy (non-hydrogen) atoms. The van der Waals surface area contributed by atoms with E-state index in [-0.39, 0.29) is 12.0 Å². The molecule has 2 aromatic rings. The summed E-state index contributed by atoms with van der Waals surface area (Å²) >= 11 is 1.37. The van der Waals surface area contributed by atoms with Crippen molar-refractivity contribution in [3.8, 4) is 0 Å². The van der Waals surface area contributed by atoms with Gasteiger partial charge in [-0.05, 0) is 47.5 Å². The summed E-state index contributed by atoms with van der Waals surface area (Å²) in [7, 11) is 0. The van der Waals surface area contributed by atoms with Gasteiger partial charge in [0.1, 0.15) is 15.7 Å². The number of aliphatic imine (C=N–C) groups is 1. The van der Waals surface area contributed by atoms with Crippen molar-refractivity contribution < 1.29 is 9.53 Å². The molecule has 8 nitrogen and oxygen atoms in total. The number of hydrogen-bond donors (Lipinski definition) is 2. The summed E-state index contributed by atoms with van der Waals surface area (Å²) in [6.45, 7) is 12.5. The fraction of sp³-hybridized carbons (Fsp3) is 0.600. The van der Waals surface area contributed by atoms with Gasteiger partial charge >= 0.3 is 5.97 Å². The van der Waals surface area contributed by atoms with Gasteiger partial charge in [0, 0.05) is 32.0 Å². The minimum absolute atomic E-state index is 0.0618. The van der Waals surface area contributed by atoms with E-state index in [0.29, 0.717) is 17.2 Å². The lowest BCUT2D eigenvalue weighted by Crippen LogP contribution is -2.38. The van der Waals surface area contributed by atoms with Crippen LogP contribution in [0.5, 0.6) is 0 Å². The van der Waals surface area contributed by atoms with Crippen molar-refractivity contribution in [2.45, 2.75) is 60.0 Å². The molecule has 1 unspecified atom stereocenters. The first-order chi connectivity index (χ1) is 14.0. The predicted octanol–water partition coefficient (Wildman–Crippen LogP) is 3.23. The van der Waals surface area contributed by atoms with Crippen LogP contribution < -0.4 is 10.6 Å². The van der Waals surface area contributed by atoms with Gasteiger partial charge in [-0.2, -0.15) is 0 Å². The first-order valence-corrected chi connectivity index (χ1v) is 10.9. The molecule has 1 atom stereocenters. The number of imidazole rings is 1. The number of carbonyl (C=O) groups is 1. The van der Waals surface area contributed by atoms with Gasteiger partial charge < -0.3 is 19.9 Å². The third-order valence-electron chi connectivity index (χ3n) is 4.34. The van der Waals surface area contributed by atoms with E-state index in [1.807, 2.05) is 40.1 Å². The largest absolute Gasteiger partial charge is 0.462 e. The van der Waals surface area contributed by atoms with Crippen molar-refractivity contribution in [1.82, 2.24) is 25.2 Å². The molecule has 0 saturated heterocycles. The number of aromatic nitrogens is 3.